The van der Waals surface area contributed by atoms with Crippen LogP contribution in [0.1, 0.15) is 296 Å². The van der Waals surface area contributed by atoms with Gasteiger partial charge < -0.3 is 28.8 Å². The fourth-order valence-electron chi connectivity index (χ4n) is 9.57. The molecule has 80 heavy (non-hydrogen) atoms. The summed E-state index contributed by atoms with van der Waals surface area (Å²) in [4.78, 5) is 25.6. The molecule has 0 bridgehead atoms. The molecule has 1 amide bonds. The Balaban J connectivity index is 4.06. The minimum absolute atomic E-state index is 0.0107. The molecule has 8 nitrogen and oxygen atoms in total. The fourth-order valence-corrected chi connectivity index (χ4v) is 10.3. The van der Waals surface area contributed by atoms with Crippen LogP contribution >= 0.6 is 7.82 Å². The summed E-state index contributed by atoms with van der Waals surface area (Å²) in [5.74, 6) is -0.209. The van der Waals surface area contributed by atoms with Crippen LogP contribution in [0.15, 0.2) is 97.2 Å². The van der Waals surface area contributed by atoms with Crippen molar-refractivity contribution in [2.75, 3.05) is 40.9 Å². The minimum Gasteiger partial charge on any atom is -0.756 e. The summed E-state index contributed by atoms with van der Waals surface area (Å²) < 4.78 is 23.4. The van der Waals surface area contributed by atoms with E-state index < -0.39 is 26.6 Å². The van der Waals surface area contributed by atoms with Crippen LogP contribution in [0, 0.1) is 0 Å². The number of quaternary nitrogens is 1. The second-order valence-electron chi connectivity index (χ2n) is 23.8. The van der Waals surface area contributed by atoms with Crippen molar-refractivity contribution >= 4 is 13.7 Å². The number of hydrogen-bond donors (Lipinski definition) is 2. The van der Waals surface area contributed by atoms with Gasteiger partial charge in [-0.05, 0) is 89.9 Å². The largest absolute Gasteiger partial charge is 0.756 e. The number of nitrogens with one attached hydrogen (secondary N) is 1. The second kappa shape index (κ2) is 61.0. The maximum Gasteiger partial charge on any atom is 0.268 e. The molecule has 0 fully saturated rings. The number of hydrogen-bond acceptors (Lipinski definition) is 6. The Morgan fingerprint density at radius 2 is 0.775 bits per heavy atom. The molecule has 2 N–H and O–H groups in total. The predicted octanol–water partition coefficient (Wildman–Crippen LogP) is 20.7. The van der Waals surface area contributed by atoms with Gasteiger partial charge in [0.15, 0.2) is 0 Å². The maximum atomic E-state index is 13.0. The smallest absolute Gasteiger partial charge is 0.268 e. The van der Waals surface area contributed by atoms with E-state index >= 15 is 0 Å². The molecule has 9 heteroatoms. The summed E-state index contributed by atoms with van der Waals surface area (Å²) in [5, 5.41) is 13.9. The van der Waals surface area contributed by atoms with Gasteiger partial charge in [0, 0.05) is 6.42 Å². The molecule has 0 aromatic carbocycles. The lowest BCUT2D eigenvalue weighted by molar-refractivity contribution is -0.870. The lowest BCUT2D eigenvalue weighted by atomic mass is 10.0. The molecule has 0 saturated heterocycles. The van der Waals surface area contributed by atoms with E-state index in [1.54, 1.807) is 6.08 Å². The van der Waals surface area contributed by atoms with Gasteiger partial charge in [0.1, 0.15) is 13.2 Å². The van der Waals surface area contributed by atoms with E-state index in [0.717, 1.165) is 77.0 Å². The SMILES string of the molecule is CC/C=C\C/C=C\C/C=C\C/C=C\C/C=C\CCCCCCCCCCCCCCCCCCCCCCCC(=O)NC(COP(=O)([O-])OCC[N+](C)(C)C)C(O)/C=C/CC/C=C/CC/C=C/CCCCCCCCCCCCC. The first-order chi connectivity index (χ1) is 39.0. The normalized spacial score (nSPS) is 14.3. The number of aliphatic hydroxyl groups is 1. The van der Waals surface area contributed by atoms with Crippen molar-refractivity contribution in [1.82, 2.24) is 5.32 Å². The van der Waals surface area contributed by atoms with Crippen LogP contribution in [-0.2, 0) is 18.4 Å². The van der Waals surface area contributed by atoms with E-state index in [2.05, 4.69) is 104 Å². The first kappa shape index (κ1) is 77.4. The highest BCUT2D eigenvalue weighted by Crippen LogP contribution is 2.38. The van der Waals surface area contributed by atoms with E-state index in [0.29, 0.717) is 17.4 Å². The van der Waals surface area contributed by atoms with Gasteiger partial charge >= 0.3 is 0 Å². The van der Waals surface area contributed by atoms with E-state index in [-0.39, 0.29) is 12.5 Å². The van der Waals surface area contributed by atoms with Crippen LogP contribution in [0.25, 0.3) is 0 Å². The molecule has 0 aliphatic carbocycles. The summed E-state index contributed by atoms with van der Waals surface area (Å²) in [6, 6.07) is -0.914. The van der Waals surface area contributed by atoms with Crippen molar-refractivity contribution in [2.45, 2.75) is 309 Å². The Labute approximate surface area is 496 Å². The minimum atomic E-state index is -4.62. The zero-order chi connectivity index (χ0) is 58.4. The van der Waals surface area contributed by atoms with E-state index in [1.165, 1.54) is 199 Å². The van der Waals surface area contributed by atoms with Crippen molar-refractivity contribution in [3.8, 4) is 0 Å². The summed E-state index contributed by atoms with van der Waals surface area (Å²) in [6.45, 7) is 4.53. The van der Waals surface area contributed by atoms with Gasteiger partial charge in [-0.2, -0.15) is 0 Å². The molecule has 464 valence electrons. The van der Waals surface area contributed by atoms with Crippen molar-refractivity contribution in [3.05, 3.63) is 97.2 Å². The van der Waals surface area contributed by atoms with Gasteiger partial charge in [-0.1, -0.05) is 297 Å². The van der Waals surface area contributed by atoms with E-state index in [1.807, 2.05) is 27.2 Å². The van der Waals surface area contributed by atoms with Gasteiger partial charge in [-0.15, -0.1) is 0 Å². The first-order valence-corrected chi connectivity index (χ1v) is 35.1. The Morgan fingerprint density at radius 1 is 0.450 bits per heavy atom. The van der Waals surface area contributed by atoms with Gasteiger partial charge in [0.25, 0.3) is 7.82 Å². The lowest BCUT2D eigenvalue weighted by Gasteiger charge is -2.29. The quantitative estimate of drug-likeness (QED) is 0.0272. The van der Waals surface area contributed by atoms with Crippen molar-refractivity contribution in [2.24, 2.45) is 0 Å². The fraction of sp³-hybridized carbons (Fsp3) is 0.761. The van der Waals surface area contributed by atoms with Gasteiger partial charge in [0.05, 0.1) is 39.9 Å². The van der Waals surface area contributed by atoms with Crippen LogP contribution in [0.5, 0.6) is 0 Å². The number of allylic oxidation sites excluding steroid dienone is 15. The monoisotopic (exact) mass is 1140 g/mol. The van der Waals surface area contributed by atoms with Gasteiger partial charge in [-0.25, -0.2) is 0 Å². The number of rotatable bonds is 61. The molecule has 3 atom stereocenters. The zero-order valence-corrected chi connectivity index (χ0v) is 53.9. The Morgan fingerprint density at radius 3 is 1.16 bits per heavy atom. The van der Waals surface area contributed by atoms with Crippen LogP contribution < -0.4 is 10.2 Å². The number of likely N-dealkylation sites (N-methyl/N-ethyl adjacent to an activating group) is 1. The first-order valence-electron chi connectivity index (χ1n) is 33.6. The van der Waals surface area contributed by atoms with Crippen LogP contribution in [-0.4, -0.2) is 68.5 Å². The molecule has 0 aromatic heterocycles. The number of unbranched alkanes of at least 4 members (excludes halogenated alkanes) is 34. The number of nitrogens with zero attached hydrogens (tertiary/aromatic N) is 1. The third-order valence-electron chi connectivity index (χ3n) is 14.8. The maximum absolute atomic E-state index is 13.0. The Bertz CT molecular complexity index is 1620. The highest BCUT2D eigenvalue weighted by atomic mass is 31.2. The molecule has 0 heterocycles. The predicted molar refractivity (Wildman–Crippen MR) is 348 cm³/mol. The summed E-state index contributed by atoms with van der Waals surface area (Å²) in [7, 11) is 1.24. The van der Waals surface area contributed by atoms with Crippen molar-refractivity contribution in [1.29, 1.82) is 0 Å². The Kier molecular flexibility index (Phi) is 59.0. The average molecular weight is 1140 g/mol. The number of amides is 1. The van der Waals surface area contributed by atoms with Crippen LogP contribution in [0.2, 0.25) is 0 Å². The van der Waals surface area contributed by atoms with E-state index in [4.69, 9.17) is 9.05 Å². The molecule has 0 spiro atoms. The van der Waals surface area contributed by atoms with Crippen LogP contribution in [0.4, 0.5) is 0 Å². The number of carbonyl (C=O) groups excluding carboxylic acids is 1. The standard InChI is InChI=1S/C71H129N2O6P/c1-6-8-10-12-14-16-18-20-22-24-26-28-29-30-31-32-33-34-35-36-37-38-39-40-41-42-43-45-47-49-51-53-55-57-59-61-63-65-71(75)72-69(68-79-80(76,77)78-67-66-73(3,4)5)70(74)64-62-60-58-56-54-52-50-48-46-44-27-25-23-21-19-17-15-13-11-9-7-2/h8,10,14,16,20,22,26,28,30-31,46,48,54,56,62,64,69-70,74H,6-7,9,11-13,15,17-19,21,23-25,27,29,32-45,47,49-53,55,57-61,63,65-68H2,1-5H3,(H-,72,75,76,77)/b10-8-,16-14-,22-20-,28-26-,31-30-,48-46+,56-54+,64-62+. The molecule has 0 saturated carbocycles. The molecule has 0 aliphatic heterocycles. The molecular weight excluding hydrogens is 1010 g/mol. The zero-order valence-electron chi connectivity index (χ0n) is 53.0. The average Bonchev–Trinajstić information content (AvgIpc) is 3.42. The van der Waals surface area contributed by atoms with Gasteiger partial charge in [-0.3, -0.25) is 9.36 Å². The molecule has 0 aromatic rings. The summed E-state index contributed by atoms with van der Waals surface area (Å²) >= 11 is 0. The van der Waals surface area contributed by atoms with Crippen LogP contribution in [0.3, 0.4) is 0 Å². The topological polar surface area (TPSA) is 108 Å². The Hall–Kier alpha value is -2.58. The third kappa shape index (κ3) is 63.0. The molecule has 3 unspecified atom stereocenters. The lowest BCUT2D eigenvalue weighted by Crippen LogP contribution is -2.45. The molecular formula is C71H129N2O6P. The summed E-state index contributed by atoms with van der Waals surface area (Å²) in [5.41, 5.74) is 0. The molecule has 0 aliphatic rings. The third-order valence-corrected chi connectivity index (χ3v) is 15.7. The number of phosphoric ester groups is 1. The highest BCUT2D eigenvalue weighted by Gasteiger charge is 2.23. The number of carbonyl (C=O) groups is 1. The highest BCUT2D eigenvalue weighted by molar-refractivity contribution is 7.45. The molecule has 0 radical (unpaired) electrons. The molecule has 0 rings (SSSR count). The number of phosphoric acid groups is 1. The number of aliphatic hydroxyl groups excluding tert-OH is 1. The summed E-state index contributed by atoms with van der Waals surface area (Å²) in [6.07, 6.45) is 88.1. The second-order valence-corrected chi connectivity index (χ2v) is 25.2. The van der Waals surface area contributed by atoms with Gasteiger partial charge in [0.2, 0.25) is 5.91 Å². The van der Waals surface area contributed by atoms with Crippen molar-refractivity contribution in [3.63, 3.8) is 0 Å². The van der Waals surface area contributed by atoms with E-state index in [9.17, 15) is 19.4 Å². The van der Waals surface area contributed by atoms with Crippen molar-refractivity contribution < 1.29 is 32.9 Å².